The zero-order valence-corrected chi connectivity index (χ0v) is 6.29. The van der Waals surface area contributed by atoms with Gasteiger partial charge in [0.05, 0.1) is 0 Å². The second-order valence-electron chi connectivity index (χ2n) is 1.10. The zero-order chi connectivity index (χ0) is 8.57. The summed E-state index contributed by atoms with van der Waals surface area (Å²) >= 11 is 0. The van der Waals surface area contributed by atoms with Crippen molar-refractivity contribution in [2.45, 2.75) is 0 Å². The fraction of sp³-hybridized carbons (Fsp3) is 0.500. The van der Waals surface area contributed by atoms with Crippen LogP contribution in [0.25, 0.3) is 11.5 Å². The van der Waals surface area contributed by atoms with Crippen LogP contribution < -0.4 is 10.2 Å². The van der Waals surface area contributed by atoms with Gasteiger partial charge in [0, 0.05) is 11.9 Å². The second-order valence-corrected chi connectivity index (χ2v) is 1.10. The molecular weight excluding hydrogens is 204 g/mol. The molecule has 0 aliphatic carbocycles. The molecule has 2 N–H and O–H groups in total. The Morgan fingerprint density at radius 2 is 1.09 bits per heavy atom. The summed E-state index contributed by atoms with van der Waals surface area (Å²) in [6.45, 7) is -1.28. The van der Waals surface area contributed by atoms with Gasteiger partial charge in [-0.05, 0) is 0 Å². The average molecular weight is 210 g/mol. The summed E-state index contributed by atoms with van der Waals surface area (Å²) in [5, 5.41) is 18.1. The maximum absolute atomic E-state index is 9.07. The Kier molecular flexibility index (Phi) is 18.4. The molecule has 0 heterocycles. The summed E-state index contributed by atoms with van der Waals surface area (Å²) in [6, 6.07) is 0. The van der Waals surface area contributed by atoms with Gasteiger partial charge in [-0.2, -0.15) is 0 Å². The fourth-order valence-electron chi connectivity index (χ4n) is 0. The van der Waals surface area contributed by atoms with Gasteiger partial charge in [-0.25, -0.2) is 0 Å². The van der Waals surface area contributed by atoms with E-state index in [2.05, 4.69) is 0 Å². The second kappa shape index (κ2) is 12.1. The van der Waals surface area contributed by atoms with Crippen molar-refractivity contribution in [3.63, 3.8) is 0 Å². The molecule has 69 valence electrons. The van der Waals surface area contributed by atoms with E-state index in [1.807, 2.05) is 0 Å². The largest absolute Gasteiger partial charge is 2.00 e. The minimum atomic E-state index is -1.33. The fourth-order valence-corrected chi connectivity index (χ4v) is 0. The molecule has 0 spiro atoms. The van der Waals surface area contributed by atoms with Gasteiger partial charge in [0.25, 0.3) is 0 Å². The molecule has 6 nitrogen and oxygen atoms in total. The maximum Gasteiger partial charge on any atom is 2.00 e. The molecule has 0 fully saturated rings. The number of carboxylic acids is 2. The van der Waals surface area contributed by atoms with Crippen LogP contribution in [0.15, 0.2) is 0 Å². The monoisotopic (exact) mass is 209 g/mol. The summed E-state index contributed by atoms with van der Waals surface area (Å²) in [4.78, 5) is 18.1. The van der Waals surface area contributed by atoms with Crippen LogP contribution in [-0.4, -0.2) is 25.0 Å². The summed E-state index contributed by atoms with van der Waals surface area (Å²) < 4.78 is 0. The molecule has 0 aromatic heterocycles. The number of aliphatic carboxylic acids is 2. The molecule has 0 aromatic carbocycles. The Hall–Kier alpha value is -0.621. The van der Waals surface area contributed by atoms with Gasteiger partial charge in [0.15, 0.2) is 0 Å². The molecule has 0 aromatic rings. The number of rotatable bonds is 2. The number of hydrogen-bond acceptors (Lipinski definition) is 4. The van der Waals surface area contributed by atoms with Crippen molar-refractivity contribution in [1.29, 1.82) is 0 Å². The normalized spacial score (nSPS) is 6.73. The predicted molar refractivity (Wildman–Crippen MR) is 28.4 cm³/mol. The van der Waals surface area contributed by atoms with E-state index in [1.54, 1.807) is 0 Å². The number of hydrogen-bond donors (Lipinski definition) is 0. The minimum Gasteiger partial charge on any atom is -0.673 e. The van der Waals surface area contributed by atoms with Crippen LogP contribution in [0, 0.1) is 0 Å². The zero-order valence-electron chi connectivity index (χ0n) is 5.35. The van der Waals surface area contributed by atoms with Crippen LogP contribution >= 0.6 is 0 Å². The molecule has 0 unspecified atom stereocenters. The van der Waals surface area contributed by atoms with Gasteiger partial charge in [-0.1, -0.05) is 0 Å². The van der Waals surface area contributed by atoms with E-state index in [0.29, 0.717) is 0 Å². The molecular formula is C4H6CuN2O4-2. The summed E-state index contributed by atoms with van der Waals surface area (Å²) in [5.41, 5.74) is 12.0. The molecule has 1 radical (unpaired) electrons. The van der Waals surface area contributed by atoms with Gasteiger partial charge in [0.1, 0.15) is 0 Å². The molecule has 0 atom stereocenters. The van der Waals surface area contributed by atoms with Gasteiger partial charge in [-0.15, -0.1) is 13.1 Å². The van der Waals surface area contributed by atoms with Crippen LogP contribution in [0.1, 0.15) is 0 Å². The van der Waals surface area contributed by atoms with E-state index in [0.717, 1.165) is 0 Å². The van der Waals surface area contributed by atoms with E-state index >= 15 is 0 Å². The van der Waals surface area contributed by atoms with Gasteiger partial charge >= 0.3 is 17.1 Å². The standard InChI is InChI=1S/2C2H4NO2.Cu/c2*3-1-2(4)5;/h2*3H,1H2,(H,4,5);/q2*-1;+2/p-2. The summed E-state index contributed by atoms with van der Waals surface area (Å²) in [6.07, 6.45) is 0. The molecule has 11 heavy (non-hydrogen) atoms. The third-order valence-electron chi connectivity index (χ3n) is 0.289. The Morgan fingerprint density at radius 1 is 1.00 bits per heavy atom. The van der Waals surface area contributed by atoms with Crippen molar-refractivity contribution in [2.24, 2.45) is 0 Å². The Bertz CT molecular complexity index is 105. The molecule has 0 saturated carbocycles. The van der Waals surface area contributed by atoms with Crippen molar-refractivity contribution >= 4 is 11.9 Å². The quantitative estimate of drug-likeness (QED) is 0.469. The number of carbonyl (C=O) groups excluding carboxylic acids is 2. The van der Waals surface area contributed by atoms with Crippen molar-refractivity contribution in [2.75, 3.05) is 13.1 Å². The number of carbonyl (C=O) groups is 2. The molecule has 0 aliphatic rings. The first-order valence-corrected chi connectivity index (χ1v) is 2.23. The first kappa shape index (κ1) is 16.8. The van der Waals surface area contributed by atoms with E-state index in [-0.39, 0.29) is 17.1 Å². The molecule has 0 aliphatic heterocycles. The first-order valence-electron chi connectivity index (χ1n) is 2.23. The van der Waals surface area contributed by atoms with E-state index in [9.17, 15) is 0 Å². The van der Waals surface area contributed by atoms with Crippen LogP contribution in [-0.2, 0) is 26.7 Å². The molecule has 0 rings (SSSR count). The molecule has 0 bridgehead atoms. The molecule has 7 heteroatoms. The Balaban J connectivity index is -0.000000107. The maximum atomic E-state index is 9.07. The third kappa shape index (κ3) is 44.7. The van der Waals surface area contributed by atoms with Gasteiger partial charge < -0.3 is 31.3 Å². The number of nitrogens with one attached hydrogen (secondary N) is 2. The SMILES string of the molecule is [Cu+2].[NH-]CC(=O)[O-].[NH-]CC(=O)[O-]. The van der Waals surface area contributed by atoms with Crippen molar-refractivity contribution in [1.82, 2.24) is 0 Å². The van der Waals surface area contributed by atoms with Crippen LogP contribution in [0.3, 0.4) is 0 Å². The van der Waals surface area contributed by atoms with Crippen LogP contribution in [0.4, 0.5) is 0 Å². The van der Waals surface area contributed by atoms with Gasteiger partial charge in [0.2, 0.25) is 0 Å². The van der Waals surface area contributed by atoms with Crippen LogP contribution in [0.2, 0.25) is 0 Å². The van der Waals surface area contributed by atoms with Gasteiger partial charge in [-0.3, -0.25) is 0 Å². The summed E-state index contributed by atoms with van der Waals surface area (Å²) in [5.74, 6) is -2.66. The van der Waals surface area contributed by atoms with E-state index in [1.165, 1.54) is 0 Å². The summed E-state index contributed by atoms with van der Waals surface area (Å²) in [7, 11) is 0. The topological polar surface area (TPSA) is 128 Å². The number of carboxylic acid groups (broad SMARTS) is 2. The Labute approximate surface area is 74.0 Å². The van der Waals surface area contributed by atoms with Crippen molar-refractivity contribution in [3.8, 4) is 0 Å². The third-order valence-corrected chi connectivity index (χ3v) is 0.289. The van der Waals surface area contributed by atoms with E-state index < -0.39 is 25.0 Å². The predicted octanol–water partition coefficient (Wildman–Crippen LogP) is -2.43. The average Bonchev–Trinajstić information content (AvgIpc) is 1.89. The smallest absolute Gasteiger partial charge is 0.673 e. The van der Waals surface area contributed by atoms with E-state index in [4.69, 9.17) is 31.3 Å². The first-order chi connectivity index (χ1) is 4.54. The molecule has 0 saturated heterocycles. The minimum absolute atomic E-state index is 0. The molecule has 0 amide bonds. The van der Waals surface area contributed by atoms with Crippen molar-refractivity contribution < 1.29 is 36.9 Å². The van der Waals surface area contributed by atoms with Crippen LogP contribution in [0.5, 0.6) is 0 Å². The van der Waals surface area contributed by atoms with Crippen molar-refractivity contribution in [3.05, 3.63) is 11.5 Å². The Morgan fingerprint density at radius 3 is 1.09 bits per heavy atom.